The molecule has 2 N–H and O–H groups in total. The highest BCUT2D eigenvalue weighted by Gasteiger charge is 2.30. The molecule has 9 heteroatoms. The van der Waals surface area contributed by atoms with Gasteiger partial charge in [0, 0.05) is 5.56 Å². The standard InChI is InChI=1S/C13H8ClF3N2O2S/c14-9-5-6-22-10(9)12(21)19-18-11(20)7-1-3-8(4-2-7)13(15,16)17/h1-6H,(H,18,20)(H,19,21). The Hall–Kier alpha value is -2.06. The van der Waals surface area contributed by atoms with Crippen LogP contribution in [0, 0.1) is 0 Å². The molecule has 0 bridgehead atoms. The number of amides is 2. The van der Waals surface area contributed by atoms with E-state index in [0.29, 0.717) is 0 Å². The molecule has 2 amide bonds. The van der Waals surface area contributed by atoms with Gasteiger partial charge in [-0.2, -0.15) is 13.2 Å². The maximum atomic E-state index is 12.4. The largest absolute Gasteiger partial charge is 0.416 e. The predicted octanol–water partition coefficient (Wildman–Crippen LogP) is 3.50. The van der Waals surface area contributed by atoms with E-state index in [4.69, 9.17) is 11.6 Å². The molecule has 1 aromatic carbocycles. The summed E-state index contributed by atoms with van der Waals surface area (Å²) in [5.41, 5.74) is 3.35. The van der Waals surface area contributed by atoms with E-state index in [9.17, 15) is 22.8 Å². The van der Waals surface area contributed by atoms with Gasteiger partial charge in [0.2, 0.25) is 0 Å². The van der Waals surface area contributed by atoms with Crippen LogP contribution < -0.4 is 10.9 Å². The number of benzene rings is 1. The van der Waals surface area contributed by atoms with Gasteiger partial charge >= 0.3 is 6.18 Å². The van der Waals surface area contributed by atoms with E-state index in [1.165, 1.54) is 6.07 Å². The first-order valence-electron chi connectivity index (χ1n) is 5.80. The van der Waals surface area contributed by atoms with Crippen LogP contribution in [-0.4, -0.2) is 11.8 Å². The van der Waals surface area contributed by atoms with E-state index in [1.54, 1.807) is 5.38 Å². The molecule has 0 atom stereocenters. The Bertz CT molecular complexity index is 698. The van der Waals surface area contributed by atoms with Crippen LogP contribution in [0.2, 0.25) is 5.02 Å². The Morgan fingerprint density at radius 2 is 1.59 bits per heavy atom. The molecule has 0 aliphatic rings. The number of rotatable bonds is 2. The normalized spacial score (nSPS) is 11.1. The highest BCUT2D eigenvalue weighted by molar-refractivity contribution is 7.12. The fourth-order valence-electron chi connectivity index (χ4n) is 1.51. The van der Waals surface area contributed by atoms with Crippen LogP contribution >= 0.6 is 22.9 Å². The molecule has 0 unspecified atom stereocenters. The maximum Gasteiger partial charge on any atom is 0.416 e. The van der Waals surface area contributed by atoms with Crippen molar-refractivity contribution in [3.63, 3.8) is 0 Å². The van der Waals surface area contributed by atoms with Crippen LogP contribution in [0.15, 0.2) is 35.7 Å². The number of hydrogen-bond acceptors (Lipinski definition) is 3. The molecule has 0 radical (unpaired) electrons. The van der Waals surface area contributed by atoms with E-state index in [1.807, 2.05) is 0 Å². The van der Waals surface area contributed by atoms with Crippen molar-refractivity contribution >= 4 is 34.8 Å². The molecule has 0 aliphatic heterocycles. The van der Waals surface area contributed by atoms with Gasteiger partial charge in [0.15, 0.2) is 0 Å². The number of hydrazine groups is 1. The summed E-state index contributed by atoms with van der Waals surface area (Å²) in [4.78, 5) is 23.6. The lowest BCUT2D eigenvalue weighted by atomic mass is 10.1. The monoisotopic (exact) mass is 348 g/mol. The number of alkyl halides is 3. The van der Waals surface area contributed by atoms with Gasteiger partial charge in [-0.05, 0) is 35.7 Å². The van der Waals surface area contributed by atoms with Gasteiger partial charge in [0.25, 0.3) is 11.8 Å². The first-order valence-corrected chi connectivity index (χ1v) is 7.05. The summed E-state index contributed by atoms with van der Waals surface area (Å²) in [6.07, 6.45) is -4.47. The van der Waals surface area contributed by atoms with Crippen molar-refractivity contribution in [2.75, 3.05) is 0 Å². The summed E-state index contributed by atoms with van der Waals surface area (Å²) < 4.78 is 37.2. The minimum atomic E-state index is -4.47. The number of nitrogens with one attached hydrogen (secondary N) is 2. The molecule has 0 saturated carbocycles. The molecular weight excluding hydrogens is 341 g/mol. The third-order valence-corrected chi connectivity index (χ3v) is 3.93. The predicted molar refractivity (Wildman–Crippen MR) is 75.7 cm³/mol. The summed E-state index contributed by atoms with van der Waals surface area (Å²) in [6, 6.07) is 5.13. The summed E-state index contributed by atoms with van der Waals surface area (Å²) in [7, 11) is 0. The second-order valence-electron chi connectivity index (χ2n) is 4.08. The van der Waals surface area contributed by atoms with Crippen LogP contribution in [0.1, 0.15) is 25.6 Å². The first kappa shape index (κ1) is 16.3. The molecule has 1 aromatic heterocycles. The molecule has 1 heterocycles. The fourth-order valence-corrected chi connectivity index (χ4v) is 2.54. The molecule has 116 valence electrons. The lowest BCUT2D eigenvalue weighted by Crippen LogP contribution is -2.41. The lowest BCUT2D eigenvalue weighted by molar-refractivity contribution is -0.137. The summed E-state index contributed by atoms with van der Waals surface area (Å²) in [5.74, 6) is -1.35. The summed E-state index contributed by atoms with van der Waals surface area (Å²) in [6.45, 7) is 0. The first-order chi connectivity index (χ1) is 10.3. The van der Waals surface area contributed by atoms with Gasteiger partial charge in [0.1, 0.15) is 4.88 Å². The third kappa shape index (κ3) is 3.77. The number of halogens is 4. The third-order valence-electron chi connectivity index (χ3n) is 2.59. The lowest BCUT2D eigenvalue weighted by Gasteiger charge is -2.09. The molecule has 4 nitrogen and oxygen atoms in total. The molecule has 0 fully saturated rings. The minimum Gasteiger partial charge on any atom is -0.267 e. The van der Waals surface area contributed by atoms with E-state index in [-0.39, 0.29) is 15.5 Å². The number of hydrogen-bond donors (Lipinski definition) is 2. The minimum absolute atomic E-state index is 0.0226. The summed E-state index contributed by atoms with van der Waals surface area (Å²) in [5, 5.41) is 1.85. The van der Waals surface area contributed by atoms with Gasteiger partial charge < -0.3 is 0 Å². The molecular formula is C13H8ClF3N2O2S. The molecule has 0 aliphatic carbocycles. The quantitative estimate of drug-likeness (QED) is 0.816. The van der Waals surface area contributed by atoms with Crippen LogP contribution in [0.5, 0.6) is 0 Å². The Balaban J connectivity index is 1.98. The van der Waals surface area contributed by atoms with Crippen molar-refractivity contribution in [3.8, 4) is 0 Å². The highest BCUT2D eigenvalue weighted by atomic mass is 35.5. The Morgan fingerprint density at radius 3 is 2.09 bits per heavy atom. The Labute approximate surface area is 131 Å². The maximum absolute atomic E-state index is 12.4. The van der Waals surface area contributed by atoms with Crippen molar-refractivity contribution in [1.29, 1.82) is 0 Å². The Morgan fingerprint density at radius 1 is 1.00 bits per heavy atom. The number of thiophene rings is 1. The van der Waals surface area contributed by atoms with E-state index >= 15 is 0 Å². The highest BCUT2D eigenvalue weighted by Crippen LogP contribution is 2.29. The fraction of sp³-hybridized carbons (Fsp3) is 0.0769. The molecule has 0 spiro atoms. The average molecular weight is 349 g/mol. The summed E-state index contributed by atoms with van der Waals surface area (Å²) >= 11 is 6.85. The van der Waals surface area contributed by atoms with E-state index < -0.39 is 23.6 Å². The topological polar surface area (TPSA) is 58.2 Å². The number of carbonyl (C=O) groups excluding carboxylic acids is 2. The molecule has 0 saturated heterocycles. The van der Waals surface area contributed by atoms with E-state index in [0.717, 1.165) is 35.6 Å². The molecule has 2 aromatic rings. The molecule has 2 rings (SSSR count). The van der Waals surface area contributed by atoms with Gasteiger partial charge in [-0.15, -0.1) is 11.3 Å². The van der Waals surface area contributed by atoms with Crippen molar-refractivity contribution in [2.45, 2.75) is 6.18 Å². The SMILES string of the molecule is O=C(NNC(=O)c1sccc1Cl)c1ccc(C(F)(F)F)cc1. The van der Waals surface area contributed by atoms with Gasteiger partial charge in [-0.1, -0.05) is 11.6 Å². The second kappa shape index (κ2) is 6.37. The van der Waals surface area contributed by atoms with Crippen molar-refractivity contribution in [1.82, 2.24) is 10.9 Å². The Kier molecular flexibility index (Phi) is 4.72. The molecule has 22 heavy (non-hydrogen) atoms. The van der Waals surface area contributed by atoms with Crippen LogP contribution in [-0.2, 0) is 6.18 Å². The van der Waals surface area contributed by atoms with E-state index in [2.05, 4.69) is 10.9 Å². The van der Waals surface area contributed by atoms with Crippen molar-refractivity contribution < 1.29 is 22.8 Å². The van der Waals surface area contributed by atoms with Gasteiger partial charge in [-0.3, -0.25) is 20.4 Å². The van der Waals surface area contributed by atoms with Crippen LogP contribution in [0.25, 0.3) is 0 Å². The second-order valence-corrected chi connectivity index (χ2v) is 5.40. The smallest absolute Gasteiger partial charge is 0.267 e. The van der Waals surface area contributed by atoms with Gasteiger partial charge in [-0.25, -0.2) is 0 Å². The van der Waals surface area contributed by atoms with Crippen molar-refractivity contribution in [3.05, 3.63) is 56.7 Å². The zero-order valence-electron chi connectivity index (χ0n) is 10.7. The number of carbonyl (C=O) groups is 2. The van der Waals surface area contributed by atoms with Crippen LogP contribution in [0.4, 0.5) is 13.2 Å². The zero-order chi connectivity index (χ0) is 16.3. The zero-order valence-corrected chi connectivity index (χ0v) is 12.3. The average Bonchev–Trinajstić information content (AvgIpc) is 2.90. The van der Waals surface area contributed by atoms with Gasteiger partial charge in [0.05, 0.1) is 10.6 Å². The van der Waals surface area contributed by atoms with Crippen molar-refractivity contribution in [2.24, 2.45) is 0 Å². The van der Waals surface area contributed by atoms with Crippen LogP contribution in [0.3, 0.4) is 0 Å².